The van der Waals surface area contributed by atoms with Crippen LogP contribution in [0.3, 0.4) is 0 Å². The predicted molar refractivity (Wildman–Crippen MR) is 124 cm³/mol. The molecular formula is C24H24N4O5. The van der Waals surface area contributed by atoms with Gasteiger partial charge in [-0.05, 0) is 38.1 Å². The van der Waals surface area contributed by atoms with Gasteiger partial charge in [-0.15, -0.1) is 0 Å². The molecule has 0 bridgehead atoms. The lowest BCUT2D eigenvalue weighted by molar-refractivity contribution is -0.137. The first kappa shape index (κ1) is 22.1. The molecule has 0 aromatic heterocycles. The number of hydrogen-bond donors (Lipinski definition) is 2. The van der Waals surface area contributed by atoms with Crippen molar-refractivity contribution in [2.24, 2.45) is 4.99 Å². The zero-order chi connectivity index (χ0) is 23.4. The van der Waals surface area contributed by atoms with Gasteiger partial charge < -0.3 is 25.0 Å². The van der Waals surface area contributed by atoms with Crippen molar-refractivity contribution in [2.45, 2.75) is 20.3 Å². The highest BCUT2D eigenvalue weighted by molar-refractivity contribution is 6.24. The van der Waals surface area contributed by atoms with Gasteiger partial charge in [0, 0.05) is 18.7 Å². The molecule has 0 aliphatic carbocycles. The van der Waals surface area contributed by atoms with Crippen LogP contribution in [0.2, 0.25) is 0 Å². The number of para-hydroxylation sites is 4. The second-order valence-electron chi connectivity index (χ2n) is 7.42. The van der Waals surface area contributed by atoms with Gasteiger partial charge in [0.2, 0.25) is 5.91 Å². The maximum absolute atomic E-state index is 12.9. The van der Waals surface area contributed by atoms with E-state index >= 15 is 0 Å². The Bertz CT molecular complexity index is 1170. The molecular weight excluding hydrogens is 424 g/mol. The fraction of sp³-hybridized carbons (Fsp3) is 0.250. The molecule has 0 radical (unpaired) electrons. The molecule has 33 heavy (non-hydrogen) atoms. The molecule has 0 spiro atoms. The molecule has 2 N–H and O–H groups in total. The number of carbonyl (C=O) groups excluding carboxylic acids is 3. The minimum absolute atomic E-state index is 0.00330. The van der Waals surface area contributed by atoms with E-state index in [9.17, 15) is 14.4 Å². The number of fused-ring (bicyclic) bond motifs is 2. The lowest BCUT2D eigenvalue weighted by Crippen LogP contribution is -2.42. The zero-order valence-corrected chi connectivity index (χ0v) is 18.4. The Morgan fingerprint density at radius 3 is 2.76 bits per heavy atom. The topological polar surface area (TPSA) is 109 Å². The van der Waals surface area contributed by atoms with Gasteiger partial charge in [0.05, 0.1) is 23.7 Å². The number of amidine groups is 1. The van der Waals surface area contributed by atoms with E-state index in [0.717, 1.165) is 0 Å². The molecule has 9 heteroatoms. The van der Waals surface area contributed by atoms with Crippen LogP contribution in [0.25, 0.3) is 0 Å². The average molecular weight is 448 g/mol. The molecule has 4 rings (SSSR count). The summed E-state index contributed by atoms with van der Waals surface area (Å²) in [6.45, 7) is 3.69. The lowest BCUT2D eigenvalue weighted by atomic mass is 10.1. The number of hydrogen-bond acceptors (Lipinski definition) is 7. The number of esters is 1. The molecule has 0 atom stereocenters. The number of rotatable bonds is 5. The number of allylic oxidation sites excluding steroid dienone is 1. The van der Waals surface area contributed by atoms with Crippen molar-refractivity contribution >= 4 is 40.7 Å². The van der Waals surface area contributed by atoms with Crippen LogP contribution in [0, 0.1) is 0 Å². The van der Waals surface area contributed by atoms with Crippen LogP contribution in [0.15, 0.2) is 64.8 Å². The van der Waals surface area contributed by atoms with E-state index in [2.05, 4.69) is 15.6 Å². The van der Waals surface area contributed by atoms with E-state index in [1.807, 2.05) is 24.3 Å². The van der Waals surface area contributed by atoms with Gasteiger partial charge in [0.1, 0.15) is 17.2 Å². The van der Waals surface area contributed by atoms with Crippen LogP contribution < -0.4 is 20.3 Å². The van der Waals surface area contributed by atoms with Gasteiger partial charge in [-0.3, -0.25) is 9.59 Å². The average Bonchev–Trinajstić information content (AvgIpc) is 2.93. The Balaban J connectivity index is 1.55. The van der Waals surface area contributed by atoms with E-state index < -0.39 is 5.97 Å². The maximum Gasteiger partial charge on any atom is 0.343 e. The number of benzene rings is 2. The van der Waals surface area contributed by atoms with Gasteiger partial charge in [-0.2, -0.15) is 0 Å². The normalized spacial score (nSPS) is 14.8. The van der Waals surface area contributed by atoms with Crippen molar-refractivity contribution in [1.82, 2.24) is 5.32 Å². The minimum Gasteiger partial charge on any atom is -0.482 e. The second-order valence-corrected chi connectivity index (χ2v) is 7.42. The Morgan fingerprint density at radius 1 is 1.18 bits per heavy atom. The summed E-state index contributed by atoms with van der Waals surface area (Å²) in [5.74, 6) is -0.515. The molecule has 2 aromatic carbocycles. The van der Waals surface area contributed by atoms with Crippen LogP contribution in [0.5, 0.6) is 5.75 Å². The lowest BCUT2D eigenvalue weighted by Gasteiger charge is -2.29. The summed E-state index contributed by atoms with van der Waals surface area (Å²) in [5.41, 5.74) is 2.55. The summed E-state index contributed by atoms with van der Waals surface area (Å²) in [6.07, 6.45) is 0.00330. The van der Waals surface area contributed by atoms with Crippen LogP contribution >= 0.6 is 0 Å². The summed E-state index contributed by atoms with van der Waals surface area (Å²) in [5, 5.41) is 5.90. The van der Waals surface area contributed by atoms with Crippen molar-refractivity contribution in [1.29, 1.82) is 0 Å². The smallest absolute Gasteiger partial charge is 0.343 e. The van der Waals surface area contributed by atoms with Gasteiger partial charge in [-0.25, -0.2) is 9.79 Å². The van der Waals surface area contributed by atoms with Crippen molar-refractivity contribution in [3.05, 3.63) is 59.8 Å². The molecule has 0 saturated heterocycles. The first-order valence-electron chi connectivity index (χ1n) is 10.6. The number of anilines is 2. The van der Waals surface area contributed by atoms with Crippen LogP contribution in [0.4, 0.5) is 17.1 Å². The third-order valence-electron chi connectivity index (χ3n) is 5.18. The maximum atomic E-state index is 12.9. The first-order valence-corrected chi connectivity index (χ1v) is 10.6. The number of nitrogens with one attached hydrogen (secondary N) is 2. The quantitative estimate of drug-likeness (QED) is 0.681. The Morgan fingerprint density at radius 2 is 1.94 bits per heavy atom. The number of nitrogens with zero attached hydrogens (tertiary/aromatic N) is 2. The number of carbonyl (C=O) groups is 3. The van der Waals surface area contributed by atoms with Crippen LogP contribution in [-0.4, -0.2) is 43.4 Å². The summed E-state index contributed by atoms with van der Waals surface area (Å²) in [4.78, 5) is 44.0. The fourth-order valence-electron chi connectivity index (χ4n) is 3.65. The summed E-state index contributed by atoms with van der Waals surface area (Å²) < 4.78 is 10.6. The highest BCUT2D eigenvalue weighted by Gasteiger charge is 2.28. The Labute approximate surface area is 191 Å². The van der Waals surface area contributed by atoms with Crippen molar-refractivity contribution in [3.63, 3.8) is 0 Å². The highest BCUT2D eigenvalue weighted by atomic mass is 16.5. The van der Waals surface area contributed by atoms with Crippen molar-refractivity contribution in [2.75, 3.05) is 30.0 Å². The molecule has 9 nitrogen and oxygen atoms in total. The van der Waals surface area contributed by atoms with Crippen molar-refractivity contribution < 1.29 is 23.9 Å². The van der Waals surface area contributed by atoms with Gasteiger partial charge >= 0.3 is 5.97 Å². The van der Waals surface area contributed by atoms with E-state index in [1.54, 1.807) is 38.1 Å². The zero-order valence-electron chi connectivity index (χ0n) is 18.4. The predicted octanol–water partition coefficient (Wildman–Crippen LogP) is 2.91. The SMILES string of the molecule is CCOC(=O)C1=C(C)Nc2ccccc2N=C1NC(=O)CCN1C(=O)COc2ccccc21. The van der Waals surface area contributed by atoms with E-state index in [0.29, 0.717) is 28.5 Å². The van der Waals surface area contributed by atoms with Gasteiger partial charge in [0.25, 0.3) is 5.91 Å². The summed E-state index contributed by atoms with van der Waals surface area (Å²) in [6, 6.07) is 14.4. The van der Waals surface area contributed by atoms with Crippen LogP contribution in [-0.2, 0) is 19.1 Å². The standard InChI is InChI=1S/C24H24N4O5/c1-3-32-24(31)22-15(2)25-16-8-4-5-9-17(16)26-23(22)27-20(29)12-13-28-18-10-6-7-11-19(18)33-14-21(28)30/h4-11,25H,3,12-14H2,1-2H3,(H,26,27,29). The first-order chi connectivity index (χ1) is 16.0. The van der Waals surface area contributed by atoms with E-state index in [-0.39, 0.29) is 49.4 Å². The van der Waals surface area contributed by atoms with E-state index in [1.165, 1.54) is 4.90 Å². The monoisotopic (exact) mass is 448 g/mol. The molecule has 2 amide bonds. The Kier molecular flexibility index (Phi) is 6.39. The molecule has 0 unspecified atom stereocenters. The van der Waals surface area contributed by atoms with Crippen molar-refractivity contribution in [3.8, 4) is 5.75 Å². The second kappa shape index (κ2) is 9.56. The summed E-state index contributed by atoms with van der Waals surface area (Å²) in [7, 11) is 0. The fourth-order valence-corrected chi connectivity index (χ4v) is 3.65. The molecule has 0 fully saturated rings. The molecule has 0 saturated carbocycles. The summed E-state index contributed by atoms with van der Waals surface area (Å²) >= 11 is 0. The van der Waals surface area contributed by atoms with Crippen LogP contribution in [0.1, 0.15) is 20.3 Å². The highest BCUT2D eigenvalue weighted by Crippen LogP contribution is 2.32. The third kappa shape index (κ3) is 4.72. The van der Waals surface area contributed by atoms with Gasteiger partial charge in [-0.1, -0.05) is 24.3 Å². The third-order valence-corrected chi connectivity index (χ3v) is 5.18. The molecule has 170 valence electrons. The molecule has 2 heterocycles. The number of amides is 2. The minimum atomic E-state index is -0.591. The molecule has 2 aromatic rings. The number of aliphatic imine (C=N–C) groups is 1. The molecule has 2 aliphatic heterocycles. The molecule has 2 aliphatic rings. The number of ether oxygens (including phenoxy) is 2. The largest absolute Gasteiger partial charge is 0.482 e. The van der Waals surface area contributed by atoms with E-state index in [4.69, 9.17) is 9.47 Å². The Hall–Kier alpha value is -4.14. The van der Waals surface area contributed by atoms with Gasteiger partial charge in [0.15, 0.2) is 6.61 Å².